The van der Waals surface area contributed by atoms with E-state index in [2.05, 4.69) is 15.2 Å². The summed E-state index contributed by atoms with van der Waals surface area (Å²) in [6, 6.07) is 0. The van der Waals surface area contributed by atoms with Crippen molar-refractivity contribution >= 4 is 5.91 Å². The Balaban J connectivity index is 1.91. The van der Waals surface area contributed by atoms with Gasteiger partial charge in [-0.3, -0.25) is 9.89 Å². The van der Waals surface area contributed by atoms with E-state index in [0.29, 0.717) is 12.4 Å². The maximum Gasteiger partial charge on any atom is 0.225 e. The van der Waals surface area contributed by atoms with Crippen LogP contribution in [0.2, 0.25) is 0 Å². The van der Waals surface area contributed by atoms with Gasteiger partial charge < -0.3 is 4.90 Å². The predicted octanol–water partition coefficient (Wildman–Crippen LogP) is 0.872. The number of nitrogens with zero attached hydrogens (tertiary/aromatic N) is 3. The lowest BCUT2D eigenvalue weighted by molar-refractivity contribution is -0.137. The number of aromatic nitrogens is 3. The van der Waals surface area contributed by atoms with Crippen molar-refractivity contribution in [2.75, 3.05) is 7.05 Å². The molecule has 1 amide bonds. The van der Waals surface area contributed by atoms with Gasteiger partial charge in [0.25, 0.3) is 0 Å². The summed E-state index contributed by atoms with van der Waals surface area (Å²) in [6.07, 6.45) is 3.26. The third kappa shape index (κ3) is 2.16. The number of hydrogen-bond donors (Lipinski definition) is 1. The highest BCUT2D eigenvalue weighted by Crippen LogP contribution is 2.28. The van der Waals surface area contributed by atoms with E-state index in [4.69, 9.17) is 0 Å². The van der Waals surface area contributed by atoms with Crippen LogP contribution in [0.3, 0.4) is 0 Å². The first-order valence-corrected chi connectivity index (χ1v) is 5.29. The molecule has 1 aliphatic rings. The fourth-order valence-corrected chi connectivity index (χ4v) is 1.72. The van der Waals surface area contributed by atoms with E-state index in [1.54, 1.807) is 4.90 Å². The van der Waals surface area contributed by atoms with Crippen molar-refractivity contribution in [3.8, 4) is 0 Å². The zero-order chi connectivity index (χ0) is 10.8. The van der Waals surface area contributed by atoms with Gasteiger partial charge in [0.15, 0.2) is 5.82 Å². The second-order valence-corrected chi connectivity index (χ2v) is 4.16. The van der Waals surface area contributed by atoms with Crippen molar-refractivity contribution < 1.29 is 4.79 Å². The smallest absolute Gasteiger partial charge is 0.225 e. The Kier molecular flexibility index (Phi) is 2.70. The Morgan fingerprint density at radius 3 is 2.80 bits per heavy atom. The Bertz CT molecular complexity index is 356. The van der Waals surface area contributed by atoms with Crippen LogP contribution in [-0.2, 0) is 11.3 Å². The zero-order valence-corrected chi connectivity index (χ0v) is 9.16. The topological polar surface area (TPSA) is 61.9 Å². The summed E-state index contributed by atoms with van der Waals surface area (Å²) in [5, 5.41) is 6.78. The fourth-order valence-electron chi connectivity index (χ4n) is 1.72. The molecule has 15 heavy (non-hydrogen) atoms. The number of carbonyl (C=O) groups excluding carboxylic acids is 1. The number of amides is 1. The molecule has 1 aromatic heterocycles. The molecule has 5 heteroatoms. The first-order valence-electron chi connectivity index (χ1n) is 5.29. The number of nitrogens with one attached hydrogen (secondary N) is 1. The second-order valence-electron chi connectivity index (χ2n) is 4.16. The van der Waals surface area contributed by atoms with Gasteiger partial charge >= 0.3 is 0 Å². The van der Waals surface area contributed by atoms with E-state index in [-0.39, 0.29) is 11.8 Å². The van der Waals surface area contributed by atoms with Crippen molar-refractivity contribution in [2.24, 2.45) is 5.92 Å². The number of aromatic amines is 1. The second kappa shape index (κ2) is 4.00. The minimum atomic E-state index is 0.226. The van der Waals surface area contributed by atoms with Crippen molar-refractivity contribution in [3.05, 3.63) is 11.6 Å². The lowest BCUT2D eigenvalue weighted by Crippen LogP contribution is -2.35. The standard InChI is InChI=1S/C10H16N4O/c1-7-11-9(13-12-7)6-14(2)10(15)8-4-3-5-8/h8H,3-6H2,1-2H3,(H,11,12,13). The Hall–Kier alpha value is -1.39. The number of rotatable bonds is 3. The monoisotopic (exact) mass is 208 g/mol. The molecule has 0 unspecified atom stereocenters. The van der Waals surface area contributed by atoms with Gasteiger partial charge in [0.1, 0.15) is 5.82 Å². The van der Waals surface area contributed by atoms with Crippen LogP contribution in [-0.4, -0.2) is 33.0 Å². The summed E-state index contributed by atoms with van der Waals surface area (Å²) in [6.45, 7) is 2.35. The molecule has 1 saturated carbocycles. The number of carbonyl (C=O) groups is 1. The molecule has 0 radical (unpaired) electrons. The Labute approximate surface area is 88.9 Å². The molecule has 0 aromatic carbocycles. The molecule has 2 rings (SSSR count). The third-order valence-corrected chi connectivity index (χ3v) is 2.85. The number of aryl methyl sites for hydroxylation is 1. The van der Waals surface area contributed by atoms with Crippen molar-refractivity contribution in [1.29, 1.82) is 0 Å². The van der Waals surface area contributed by atoms with Gasteiger partial charge in [0.2, 0.25) is 5.91 Å². The van der Waals surface area contributed by atoms with E-state index in [1.165, 1.54) is 6.42 Å². The highest BCUT2D eigenvalue weighted by atomic mass is 16.2. The van der Waals surface area contributed by atoms with E-state index in [1.807, 2.05) is 14.0 Å². The summed E-state index contributed by atoms with van der Waals surface area (Å²) in [7, 11) is 1.81. The molecule has 1 aliphatic carbocycles. The molecule has 0 saturated heterocycles. The van der Waals surface area contributed by atoms with Crippen LogP contribution in [0.25, 0.3) is 0 Å². The molecule has 5 nitrogen and oxygen atoms in total. The van der Waals surface area contributed by atoms with Crippen LogP contribution in [0.4, 0.5) is 0 Å². The fraction of sp³-hybridized carbons (Fsp3) is 0.700. The van der Waals surface area contributed by atoms with Crippen molar-refractivity contribution in [2.45, 2.75) is 32.7 Å². The summed E-state index contributed by atoms with van der Waals surface area (Å²) < 4.78 is 0. The molecular weight excluding hydrogens is 192 g/mol. The van der Waals surface area contributed by atoms with E-state index >= 15 is 0 Å². The quantitative estimate of drug-likeness (QED) is 0.801. The first-order chi connectivity index (χ1) is 7.16. The molecule has 1 aromatic rings. The molecule has 82 valence electrons. The maximum atomic E-state index is 11.8. The van der Waals surface area contributed by atoms with Crippen LogP contribution >= 0.6 is 0 Å². The Morgan fingerprint density at radius 2 is 2.33 bits per heavy atom. The van der Waals surface area contributed by atoms with Crippen LogP contribution in [0.5, 0.6) is 0 Å². The lowest BCUT2D eigenvalue weighted by Gasteiger charge is -2.28. The molecule has 0 bridgehead atoms. The van der Waals surface area contributed by atoms with Crippen molar-refractivity contribution in [3.63, 3.8) is 0 Å². The van der Waals surface area contributed by atoms with Gasteiger partial charge in [0.05, 0.1) is 6.54 Å². The summed E-state index contributed by atoms with van der Waals surface area (Å²) >= 11 is 0. The van der Waals surface area contributed by atoms with Crippen LogP contribution in [0.15, 0.2) is 0 Å². The molecule has 1 fully saturated rings. The minimum absolute atomic E-state index is 0.226. The summed E-state index contributed by atoms with van der Waals surface area (Å²) in [5.74, 6) is 1.94. The summed E-state index contributed by atoms with van der Waals surface area (Å²) in [4.78, 5) is 17.7. The van der Waals surface area contributed by atoms with Crippen LogP contribution < -0.4 is 0 Å². The van der Waals surface area contributed by atoms with E-state index in [9.17, 15) is 4.79 Å². The van der Waals surface area contributed by atoms with Gasteiger partial charge in [-0.1, -0.05) is 6.42 Å². The number of hydrogen-bond acceptors (Lipinski definition) is 3. The largest absolute Gasteiger partial charge is 0.338 e. The van der Waals surface area contributed by atoms with E-state index < -0.39 is 0 Å². The van der Waals surface area contributed by atoms with Crippen LogP contribution in [0, 0.1) is 12.8 Å². The average molecular weight is 208 g/mol. The van der Waals surface area contributed by atoms with Gasteiger partial charge in [0, 0.05) is 13.0 Å². The van der Waals surface area contributed by atoms with Gasteiger partial charge in [-0.25, -0.2) is 4.98 Å². The molecule has 0 spiro atoms. The molecule has 1 N–H and O–H groups in total. The van der Waals surface area contributed by atoms with Gasteiger partial charge in [-0.2, -0.15) is 5.10 Å². The zero-order valence-electron chi connectivity index (χ0n) is 9.16. The molecular formula is C10H16N4O. The normalized spacial score (nSPS) is 16.1. The maximum absolute atomic E-state index is 11.8. The third-order valence-electron chi connectivity index (χ3n) is 2.85. The number of H-pyrrole nitrogens is 1. The predicted molar refractivity (Wildman–Crippen MR) is 54.9 cm³/mol. The van der Waals surface area contributed by atoms with E-state index in [0.717, 1.165) is 18.7 Å². The summed E-state index contributed by atoms with van der Waals surface area (Å²) in [5.41, 5.74) is 0. The first kappa shape index (κ1) is 10.1. The highest BCUT2D eigenvalue weighted by molar-refractivity contribution is 5.79. The lowest BCUT2D eigenvalue weighted by atomic mass is 9.84. The minimum Gasteiger partial charge on any atom is -0.338 e. The average Bonchev–Trinajstić information content (AvgIpc) is 2.48. The highest BCUT2D eigenvalue weighted by Gasteiger charge is 2.28. The molecule has 1 heterocycles. The SMILES string of the molecule is Cc1nc(CN(C)C(=O)C2CCC2)n[nH]1. The van der Waals surface area contributed by atoms with Crippen LogP contribution in [0.1, 0.15) is 30.9 Å². The molecule has 0 atom stereocenters. The Morgan fingerprint density at radius 1 is 1.60 bits per heavy atom. The van der Waals surface area contributed by atoms with Gasteiger partial charge in [-0.05, 0) is 19.8 Å². The molecule has 0 aliphatic heterocycles. The van der Waals surface area contributed by atoms with Crippen molar-refractivity contribution in [1.82, 2.24) is 20.1 Å². The van der Waals surface area contributed by atoms with Gasteiger partial charge in [-0.15, -0.1) is 0 Å².